The summed E-state index contributed by atoms with van der Waals surface area (Å²) in [6, 6.07) is 4.20. The molecule has 2 rings (SSSR count). The third-order valence-electron chi connectivity index (χ3n) is 3.62. The molecular weight excluding hydrogens is 200 g/mol. The van der Waals surface area contributed by atoms with E-state index in [0.717, 1.165) is 36.8 Å². The standard InChI is InChI=1S/C13H16N2O/c1-10-4-7-15-8-11(10)12(16)13(9-14)5-2-3-6-13/h4,7-8,12,16H,2-3,5-6H2,1H3. The number of hydrogen-bond acceptors (Lipinski definition) is 3. The average molecular weight is 216 g/mol. The van der Waals surface area contributed by atoms with Crippen molar-refractivity contribution >= 4 is 0 Å². The summed E-state index contributed by atoms with van der Waals surface area (Å²) in [5, 5.41) is 19.7. The van der Waals surface area contributed by atoms with Gasteiger partial charge >= 0.3 is 0 Å². The molecule has 1 fully saturated rings. The molecule has 0 amide bonds. The predicted molar refractivity (Wildman–Crippen MR) is 60.4 cm³/mol. The lowest BCUT2D eigenvalue weighted by molar-refractivity contribution is 0.0662. The van der Waals surface area contributed by atoms with Crippen LogP contribution in [0.4, 0.5) is 0 Å². The molecule has 0 saturated heterocycles. The third-order valence-corrected chi connectivity index (χ3v) is 3.62. The Balaban J connectivity index is 2.35. The van der Waals surface area contributed by atoms with E-state index in [-0.39, 0.29) is 0 Å². The first-order valence-electron chi connectivity index (χ1n) is 5.69. The highest BCUT2D eigenvalue weighted by molar-refractivity contribution is 5.28. The molecule has 1 heterocycles. The fourth-order valence-electron chi connectivity index (χ4n) is 2.51. The zero-order valence-electron chi connectivity index (χ0n) is 9.48. The highest BCUT2D eigenvalue weighted by Gasteiger charge is 2.42. The summed E-state index contributed by atoms with van der Waals surface area (Å²) in [6.45, 7) is 1.94. The van der Waals surface area contributed by atoms with Crippen LogP contribution in [0.3, 0.4) is 0 Å². The molecule has 3 heteroatoms. The Kier molecular flexibility index (Phi) is 2.93. The lowest BCUT2D eigenvalue weighted by Crippen LogP contribution is -2.24. The maximum atomic E-state index is 10.4. The first-order chi connectivity index (χ1) is 7.69. The minimum Gasteiger partial charge on any atom is -0.387 e. The maximum absolute atomic E-state index is 10.4. The number of pyridine rings is 1. The van der Waals surface area contributed by atoms with Crippen molar-refractivity contribution in [1.82, 2.24) is 4.98 Å². The summed E-state index contributed by atoms with van der Waals surface area (Å²) in [5.74, 6) is 0. The zero-order valence-corrected chi connectivity index (χ0v) is 9.48. The van der Waals surface area contributed by atoms with Gasteiger partial charge in [-0.05, 0) is 31.4 Å². The van der Waals surface area contributed by atoms with Crippen molar-refractivity contribution in [1.29, 1.82) is 5.26 Å². The maximum Gasteiger partial charge on any atom is 0.0993 e. The molecule has 0 aromatic carbocycles. The van der Waals surface area contributed by atoms with Crippen LogP contribution in [0, 0.1) is 23.7 Å². The molecule has 1 aliphatic carbocycles. The first-order valence-corrected chi connectivity index (χ1v) is 5.69. The van der Waals surface area contributed by atoms with Crippen LogP contribution in [0.2, 0.25) is 0 Å². The van der Waals surface area contributed by atoms with E-state index in [2.05, 4.69) is 11.1 Å². The third kappa shape index (κ3) is 1.70. The number of aliphatic hydroxyl groups is 1. The molecule has 1 unspecified atom stereocenters. The van der Waals surface area contributed by atoms with Gasteiger partial charge in [0.05, 0.1) is 17.6 Å². The fraction of sp³-hybridized carbons (Fsp3) is 0.538. The van der Waals surface area contributed by atoms with E-state index in [4.69, 9.17) is 0 Å². The summed E-state index contributed by atoms with van der Waals surface area (Å²) >= 11 is 0. The zero-order chi connectivity index (χ0) is 11.6. The van der Waals surface area contributed by atoms with Gasteiger partial charge in [0.25, 0.3) is 0 Å². The molecule has 16 heavy (non-hydrogen) atoms. The summed E-state index contributed by atoms with van der Waals surface area (Å²) in [5.41, 5.74) is 1.21. The van der Waals surface area contributed by atoms with Gasteiger partial charge in [-0.15, -0.1) is 0 Å². The lowest BCUT2D eigenvalue weighted by atomic mass is 9.78. The Hall–Kier alpha value is -1.40. The molecule has 84 valence electrons. The van der Waals surface area contributed by atoms with Crippen molar-refractivity contribution in [3.63, 3.8) is 0 Å². The molecule has 1 atom stereocenters. The van der Waals surface area contributed by atoms with Gasteiger partial charge < -0.3 is 5.11 Å². The predicted octanol–water partition coefficient (Wildman–Crippen LogP) is 2.51. The number of hydrogen-bond donors (Lipinski definition) is 1. The van der Waals surface area contributed by atoms with Crippen LogP contribution in [0.25, 0.3) is 0 Å². The van der Waals surface area contributed by atoms with Crippen LogP contribution in [0.1, 0.15) is 42.9 Å². The second kappa shape index (κ2) is 4.23. The molecule has 1 aromatic heterocycles. The van der Waals surface area contributed by atoms with Gasteiger partial charge in [-0.3, -0.25) is 4.98 Å². The molecular formula is C13H16N2O. The molecule has 0 spiro atoms. The first kappa shape index (κ1) is 11.1. The minimum atomic E-state index is -0.700. The van der Waals surface area contributed by atoms with Crippen molar-refractivity contribution in [2.45, 2.75) is 38.7 Å². The van der Waals surface area contributed by atoms with Crippen molar-refractivity contribution in [3.8, 4) is 6.07 Å². The van der Waals surface area contributed by atoms with E-state index in [1.54, 1.807) is 12.4 Å². The molecule has 0 aliphatic heterocycles. The van der Waals surface area contributed by atoms with Crippen LogP contribution in [-0.2, 0) is 0 Å². The normalized spacial score (nSPS) is 20.3. The minimum absolute atomic E-state index is 0.589. The Bertz CT molecular complexity index is 416. The Labute approximate surface area is 95.8 Å². The van der Waals surface area contributed by atoms with Crippen LogP contribution in [0.15, 0.2) is 18.5 Å². The number of aromatic nitrogens is 1. The van der Waals surface area contributed by atoms with Crippen molar-refractivity contribution in [2.24, 2.45) is 5.41 Å². The second-order valence-corrected chi connectivity index (χ2v) is 4.61. The van der Waals surface area contributed by atoms with Gasteiger partial charge in [0.1, 0.15) is 0 Å². The van der Waals surface area contributed by atoms with Crippen molar-refractivity contribution in [2.75, 3.05) is 0 Å². The highest BCUT2D eigenvalue weighted by atomic mass is 16.3. The van der Waals surface area contributed by atoms with Crippen molar-refractivity contribution in [3.05, 3.63) is 29.6 Å². The molecule has 1 aliphatic rings. The van der Waals surface area contributed by atoms with Gasteiger partial charge in [0, 0.05) is 18.0 Å². The second-order valence-electron chi connectivity index (χ2n) is 4.61. The average Bonchev–Trinajstić information content (AvgIpc) is 2.78. The van der Waals surface area contributed by atoms with Crippen molar-refractivity contribution < 1.29 is 5.11 Å². The summed E-state index contributed by atoms with van der Waals surface area (Å²) in [6.07, 6.45) is 6.33. The number of nitrogens with zero attached hydrogens (tertiary/aromatic N) is 2. The van der Waals surface area contributed by atoms with Crippen LogP contribution in [-0.4, -0.2) is 10.1 Å². The fourth-order valence-corrected chi connectivity index (χ4v) is 2.51. The van der Waals surface area contributed by atoms with E-state index >= 15 is 0 Å². The van der Waals surface area contributed by atoms with Crippen LogP contribution in [0.5, 0.6) is 0 Å². The quantitative estimate of drug-likeness (QED) is 0.826. The molecule has 0 radical (unpaired) electrons. The number of aryl methyl sites for hydroxylation is 1. The Morgan fingerprint density at radius 3 is 2.75 bits per heavy atom. The van der Waals surface area contributed by atoms with Gasteiger partial charge in [0.15, 0.2) is 0 Å². The van der Waals surface area contributed by atoms with E-state index in [1.165, 1.54) is 0 Å². The highest BCUT2D eigenvalue weighted by Crippen LogP contribution is 2.47. The summed E-state index contributed by atoms with van der Waals surface area (Å²) < 4.78 is 0. The lowest BCUT2D eigenvalue weighted by Gasteiger charge is -2.27. The molecule has 1 N–H and O–H groups in total. The number of aliphatic hydroxyl groups excluding tert-OH is 1. The Morgan fingerprint density at radius 2 is 2.19 bits per heavy atom. The van der Waals surface area contributed by atoms with Gasteiger partial charge in [0.2, 0.25) is 0 Å². The molecule has 0 bridgehead atoms. The Morgan fingerprint density at radius 1 is 1.50 bits per heavy atom. The van der Waals surface area contributed by atoms with Crippen LogP contribution < -0.4 is 0 Å². The van der Waals surface area contributed by atoms with Gasteiger partial charge in [-0.2, -0.15) is 5.26 Å². The van der Waals surface area contributed by atoms with Crippen LogP contribution >= 0.6 is 0 Å². The van der Waals surface area contributed by atoms with E-state index < -0.39 is 11.5 Å². The monoisotopic (exact) mass is 216 g/mol. The topological polar surface area (TPSA) is 56.9 Å². The summed E-state index contributed by atoms with van der Waals surface area (Å²) in [4.78, 5) is 4.03. The molecule has 1 saturated carbocycles. The number of rotatable bonds is 2. The molecule has 3 nitrogen and oxygen atoms in total. The van der Waals surface area contributed by atoms with E-state index in [9.17, 15) is 10.4 Å². The van der Waals surface area contributed by atoms with Gasteiger partial charge in [-0.1, -0.05) is 12.8 Å². The summed E-state index contributed by atoms with van der Waals surface area (Å²) in [7, 11) is 0. The van der Waals surface area contributed by atoms with E-state index in [0.29, 0.717) is 0 Å². The molecule has 1 aromatic rings. The van der Waals surface area contributed by atoms with E-state index in [1.807, 2.05) is 13.0 Å². The van der Waals surface area contributed by atoms with Gasteiger partial charge in [-0.25, -0.2) is 0 Å². The number of nitriles is 1. The smallest absolute Gasteiger partial charge is 0.0993 e. The largest absolute Gasteiger partial charge is 0.387 e. The SMILES string of the molecule is Cc1ccncc1C(O)C1(C#N)CCCC1.